The zero-order valence-electron chi connectivity index (χ0n) is 14.1. The van der Waals surface area contributed by atoms with E-state index in [4.69, 9.17) is 0 Å². The fourth-order valence-electron chi connectivity index (χ4n) is 2.66. The molecule has 0 amide bonds. The van der Waals surface area contributed by atoms with E-state index < -0.39 is 15.8 Å². The van der Waals surface area contributed by atoms with E-state index in [2.05, 4.69) is 18.9 Å². The number of halogens is 1. The summed E-state index contributed by atoms with van der Waals surface area (Å²) in [5.41, 5.74) is 0. The van der Waals surface area contributed by atoms with Crippen LogP contribution in [0.5, 0.6) is 0 Å². The Labute approximate surface area is 143 Å². The number of sulfonamides is 1. The maximum absolute atomic E-state index is 13.0. The highest BCUT2D eigenvalue weighted by Gasteiger charge is 2.35. The van der Waals surface area contributed by atoms with Gasteiger partial charge in [-0.25, -0.2) is 12.8 Å². The van der Waals surface area contributed by atoms with Crippen LogP contribution >= 0.6 is 11.8 Å². The number of likely N-dealkylation sites (tertiary alicyclic amines) is 1. The molecular weight excluding hydrogens is 335 g/mol. The molecule has 0 N–H and O–H groups in total. The lowest BCUT2D eigenvalue weighted by molar-refractivity contribution is 0.246. The van der Waals surface area contributed by atoms with Crippen molar-refractivity contribution in [2.45, 2.75) is 41.7 Å². The SMILES string of the molecule is CC(SC1(C)CCN(C)CC1)N(C)S(=O)(=O)c1ccc(F)cc1. The molecule has 1 aliphatic rings. The highest BCUT2D eigenvalue weighted by molar-refractivity contribution is 8.02. The van der Waals surface area contributed by atoms with Gasteiger partial charge in [-0.15, -0.1) is 11.8 Å². The molecule has 1 saturated heterocycles. The maximum Gasteiger partial charge on any atom is 0.243 e. The predicted octanol–water partition coefficient (Wildman–Crippen LogP) is 3.01. The minimum absolute atomic E-state index is 0.0818. The first-order valence-electron chi connectivity index (χ1n) is 7.74. The van der Waals surface area contributed by atoms with Gasteiger partial charge in [-0.1, -0.05) is 6.92 Å². The van der Waals surface area contributed by atoms with E-state index in [1.54, 1.807) is 18.8 Å². The van der Waals surface area contributed by atoms with Crippen molar-refractivity contribution in [3.8, 4) is 0 Å². The number of benzene rings is 1. The predicted molar refractivity (Wildman–Crippen MR) is 93.5 cm³/mol. The lowest BCUT2D eigenvalue weighted by Gasteiger charge is -2.40. The second-order valence-electron chi connectivity index (χ2n) is 6.45. The van der Waals surface area contributed by atoms with E-state index in [-0.39, 0.29) is 15.0 Å². The molecule has 0 aromatic heterocycles. The quantitative estimate of drug-likeness (QED) is 0.757. The topological polar surface area (TPSA) is 40.6 Å². The maximum atomic E-state index is 13.0. The van der Waals surface area contributed by atoms with E-state index in [0.29, 0.717) is 0 Å². The Morgan fingerprint density at radius 2 is 1.78 bits per heavy atom. The van der Waals surface area contributed by atoms with Crippen LogP contribution in [0.25, 0.3) is 0 Å². The number of thioether (sulfide) groups is 1. The minimum Gasteiger partial charge on any atom is -0.306 e. The number of piperidine rings is 1. The number of hydrogen-bond acceptors (Lipinski definition) is 4. The highest BCUT2D eigenvalue weighted by Crippen LogP contribution is 2.39. The molecule has 1 aromatic rings. The van der Waals surface area contributed by atoms with Crippen LogP contribution in [0, 0.1) is 5.82 Å². The fraction of sp³-hybridized carbons (Fsp3) is 0.625. The largest absolute Gasteiger partial charge is 0.306 e. The van der Waals surface area contributed by atoms with Gasteiger partial charge in [0.25, 0.3) is 0 Å². The Morgan fingerprint density at radius 3 is 2.30 bits per heavy atom. The van der Waals surface area contributed by atoms with Crippen molar-refractivity contribution in [2.75, 3.05) is 27.2 Å². The van der Waals surface area contributed by atoms with Gasteiger partial charge in [-0.3, -0.25) is 0 Å². The minimum atomic E-state index is -3.61. The Balaban J connectivity index is 2.09. The third-order valence-electron chi connectivity index (χ3n) is 4.50. The van der Waals surface area contributed by atoms with Crippen LogP contribution < -0.4 is 0 Å². The van der Waals surface area contributed by atoms with Gasteiger partial charge in [0.15, 0.2) is 0 Å². The average Bonchev–Trinajstić information content (AvgIpc) is 2.50. The van der Waals surface area contributed by atoms with Gasteiger partial charge < -0.3 is 4.90 Å². The summed E-state index contributed by atoms with van der Waals surface area (Å²) in [6.07, 6.45) is 2.09. The Kier molecular flexibility index (Phi) is 5.76. The van der Waals surface area contributed by atoms with Gasteiger partial charge in [-0.2, -0.15) is 4.31 Å². The molecule has 23 heavy (non-hydrogen) atoms. The van der Waals surface area contributed by atoms with E-state index in [1.165, 1.54) is 28.6 Å². The molecule has 0 bridgehead atoms. The summed E-state index contributed by atoms with van der Waals surface area (Å²) >= 11 is 1.70. The lowest BCUT2D eigenvalue weighted by atomic mass is 9.98. The molecule has 1 unspecified atom stereocenters. The van der Waals surface area contributed by atoms with Crippen molar-refractivity contribution in [2.24, 2.45) is 0 Å². The van der Waals surface area contributed by atoms with E-state index in [0.717, 1.165) is 25.9 Å². The van der Waals surface area contributed by atoms with Crippen LogP contribution in [0.3, 0.4) is 0 Å². The van der Waals surface area contributed by atoms with Gasteiger partial charge in [-0.05, 0) is 64.2 Å². The molecule has 7 heteroatoms. The second kappa shape index (κ2) is 7.09. The van der Waals surface area contributed by atoms with Crippen LogP contribution in [0.2, 0.25) is 0 Å². The first-order valence-corrected chi connectivity index (χ1v) is 10.1. The zero-order valence-corrected chi connectivity index (χ0v) is 15.8. The van der Waals surface area contributed by atoms with Gasteiger partial charge >= 0.3 is 0 Å². The molecule has 4 nitrogen and oxygen atoms in total. The van der Waals surface area contributed by atoms with Crippen LogP contribution in [0.1, 0.15) is 26.7 Å². The Bertz CT molecular complexity index is 626. The van der Waals surface area contributed by atoms with Crippen molar-refractivity contribution in [1.29, 1.82) is 0 Å². The molecule has 1 atom stereocenters. The molecule has 0 radical (unpaired) electrons. The molecule has 130 valence electrons. The lowest BCUT2D eigenvalue weighted by Crippen LogP contribution is -2.42. The summed E-state index contributed by atoms with van der Waals surface area (Å²) in [5.74, 6) is -0.437. The average molecular weight is 361 g/mol. The normalized spacial score (nSPS) is 20.6. The van der Waals surface area contributed by atoms with Crippen LogP contribution in [-0.4, -0.2) is 54.9 Å². The molecule has 1 fully saturated rings. The van der Waals surface area contributed by atoms with Crippen molar-refractivity contribution >= 4 is 21.8 Å². The van der Waals surface area contributed by atoms with Crippen LogP contribution in [-0.2, 0) is 10.0 Å². The smallest absolute Gasteiger partial charge is 0.243 e. The molecule has 2 rings (SSSR count). The van der Waals surface area contributed by atoms with Crippen molar-refractivity contribution in [3.05, 3.63) is 30.1 Å². The van der Waals surface area contributed by atoms with Crippen molar-refractivity contribution in [1.82, 2.24) is 9.21 Å². The van der Waals surface area contributed by atoms with E-state index >= 15 is 0 Å². The van der Waals surface area contributed by atoms with Crippen molar-refractivity contribution in [3.63, 3.8) is 0 Å². The first kappa shape index (κ1) is 18.7. The van der Waals surface area contributed by atoms with Gasteiger partial charge in [0.2, 0.25) is 10.0 Å². The third-order valence-corrected chi connectivity index (χ3v) is 8.21. The molecule has 1 aliphatic heterocycles. The summed E-state index contributed by atoms with van der Waals surface area (Å²) in [4.78, 5) is 2.42. The van der Waals surface area contributed by atoms with Crippen LogP contribution in [0.15, 0.2) is 29.2 Å². The molecule has 0 spiro atoms. The zero-order chi connectivity index (χ0) is 17.3. The standard InChI is InChI=1S/C16H25FN2O2S2/c1-13(22-16(2)9-11-18(3)12-10-16)19(4)23(20,21)15-7-5-14(17)6-8-15/h5-8,13H,9-12H2,1-4H3. The molecule has 0 saturated carbocycles. The Morgan fingerprint density at radius 1 is 1.26 bits per heavy atom. The van der Waals surface area contributed by atoms with E-state index in [9.17, 15) is 12.8 Å². The summed E-state index contributed by atoms with van der Waals surface area (Å²) in [6.45, 7) is 6.18. The number of nitrogens with zero attached hydrogens (tertiary/aromatic N) is 2. The van der Waals surface area contributed by atoms with Crippen LogP contribution in [0.4, 0.5) is 4.39 Å². The van der Waals surface area contributed by atoms with Gasteiger partial charge in [0.1, 0.15) is 5.82 Å². The summed E-state index contributed by atoms with van der Waals surface area (Å²) in [6, 6.07) is 4.99. The second-order valence-corrected chi connectivity index (χ2v) is 10.3. The monoisotopic (exact) mass is 360 g/mol. The summed E-state index contributed by atoms with van der Waals surface area (Å²) in [7, 11) is 0.0940. The van der Waals surface area contributed by atoms with Crippen molar-refractivity contribution < 1.29 is 12.8 Å². The molecule has 0 aliphatic carbocycles. The molecule has 1 heterocycles. The summed E-state index contributed by atoms with van der Waals surface area (Å²) < 4.78 is 39.8. The van der Waals surface area contributed by atoms with E-state index in [1.807, 2.05) is 6.92 Å². The summed E-state index contributed by atoms with van der Waals surface area (Å²) in [5, 5.41) is -0.182. The van der Waals surface area contributed by atoms with Gasteiger partial charge in [0.05, 0.1) is 10.3 Å². The highest BCUT2D eigenvalue weighted by atomic mass is 32.2. The molecule has 1 aromatic carbocycles. The number of rotatable bonds is 5. The first-order chi connectivity index (χ1) is 10.6. The molecular formula is C16H25FN2O2S2. The number of hydrogen-bond donors (Lipinski definition) is 0. The fourth-order valence-corrected chi connectivity index (χ4v) is 5.73. The Hall–Kier alpha value is -0.630. The van der Waals surface area contributed by atoms with Gasteiger partial charge in [0, 0.05) is 11.8 Å². The third kappa shape index (κ3) is 4.47.